The predicted octanol–water partition coefficient (Wildman–Crippen LogP) is 1.23. The zero-order valence-electron chi connectivity index (χ0n) is 11.1. The molecular formula is C14H20N2O2S. The fourth-order valence-corrected chi connectivity index (χ4v) is 3.51. The first-order chi connectivity index (χ1) is 9.08. The minimum Gasteiger partial charge on any atom is -0.508 e. The van der Waals surface area contributed by atoms with Gasteiger partial charge in [-0.15, -0.1) is 0 Å². The zero-order valence-corrected chi connectivity index (χ0v) is 11.9. The SMILES string of the molecule is CN(C(=O)[C@H](N)Cc1ccc(O)cc1)C1CCSC1. The number of rotatable bonds is 4. The van der Waals surface area contributed by atoms with E-state index in [-0.39, 0.29) is 11.7 Å². The number of hydrogen-bond acceptors (Lipinski definition) is 4. The second kappa shape index (κ2) is 6.30. The summed E-state index contributed by atoms with van der Waals surface area (Å²) in [6, 6.07) is 6.64. The Labute approximate surface area is 118 Å². The largest absolute Gasteiger partial charge is 0.508 e. The average Bonchev–Trinajstić information content (AvgIpc) is 2.93. The van der Waals surface area contributed by atoms with Gasteiger partial charge in [0.1, 0.15) is 5.75 Å². The number of nitrogens with two attached hydrogens (primary N) is 1. The lowest BCUT2D eigenvalue weighted by atomic mass is 10.0. The molecule has 1 saturated heterocycles. The van der Waals surface area contributed by atoms with E-state index < -0.39 is 6.04 Å². The molecule has 0 saturated carbocycles. The molecule has 1 aromatic carbocycles. The van der Waals surface area contributed by atoms with Crippen LogP contribution in [0.3, 0.4) is 0 Å². The monoisotopic (exact) mass is 280 g/mol. The van der Waals surface area contributed by atoms with Gasteiger partial charge in [0.15, 0.2) is 0 Å². The summed E-state index contributed by atoms with van der Waals surface area (Å²) in [6.45, 7) is 0. The maximum atomic E-state index is 12.2. The van der Waals surface area contributed by atoms with E-state index in [1.807, 2.05) is 18.8 Å². The van der Waals surface area contributed by atoms with Gasteiger partial charge in [0, 0.05) is 18.8 Å². The number of carbonyl (C=O) groups excluding carboxylic acids is 1. The highest BCUT2D eigenvalue weighted by Gasteiger charge is 2.27. The summed E-state index contributed by atoms with van der Waals surface area (Å²) >= 11 is 1.88. The van der Waals surface area contributed by atoms with Crippen LogP contribution >= 0.6 is 11.8 Å². The molecule has 5 heteroatoms. The molecule has 1 aliphatic rings. The Morgan fingerprint density at radius 1 is 1.53 bits per heavy atom. The molecule has 0 aliphatic carbocycles. The fourth-order valence-electron chi connectivity index (χ4n) is 2.24. The van der Waals surface area contributed by atoms with Crippen LogP contribution in [0, 0.1) is 0 Å². The van der Waals surface area contributed by atoms with Gasteiger partial charge in [0.25, 0.3) is 0 Å². The highest BCUT2D eigenvalue weighted by atomic mass is 32.2. The Bertz CT molecular complexity index is 430. The van der Waals surface area contributed by atoms with Gasteiger partial charge in [0.05, 0.1) is 6.04 Å². The van der Waals surface area contributed by atoms with Crippen LogP contribution in [0.5, 0.6) is 5.75 Å². The first kappa shape index (κ1) is 14.2. The number of phenols is 1. The van der Waals surface area contributed by atoms with Gasteiger partial charge in [-0.1, -0.05) is 12.1 Å². The Hall–Kier alpha value is -1.20. The minimum absolute atomic E-state index is 0.000532. The number of amides is 1. The molecule has 2 atom stereocenters. The van der Waals surface area contributed by atoms with E-state index in [0.29, 0.717) is 12.5 Å². The summed E-state index contributed by atoms with van der Waals surface area (Å²) in [5.74, 6) is 2.35. The number of benzene rings is 1. The molecule has 1 fully saturated rings. The van der Waals surface area contributed by atoms with Crippen LogP contribution in [-0.2, 0) is 11.2 Å². The van der Waals surface area contributed by atoms with E-state index in [2.05, 4.69) is 0 Å². The van der Waals surface area contributed by atoms with Gasteiger partial charge in [-0.2, -0.15) is 11.8 Å². The molecule has 104 valence electrons. The van der Waals surface area contributed by atoms with Crippen LogP contribution in [-0.4, -0.2) is 46.6 Å². The Morgan fingerprint density at radius 3 is 2.79 bits per heavy atom. The number of aromatic hydroxyl groups is 1. The lowest BCUT2D eigenvalue weighted by Crippen LogP contribution is -2.47. The summed E-state index contributed by atoms with van der Waals surface area (Å²) in [5, 5.41) is 9.22. The van der Waals surface area contributed by atoms with Crippen LogP contribution in [0.1, 0.15) is 12.0 Å². The summed E-state index contributed by atoms with van der Waals surface area (Å²) in [5.41, 5.74) is 6.96. The van der Waals surface area contributed by atoms with E-state index in [1.165, 1.54) is 0 Å². The number of phenolic OH excluding ortho intramolecular Hbond substituents is 1. The normalized spacial score (nSPS) is 20.2. The molecule has 19 heavy (non-hydrogen) atoms. The standard InChI is InChI=1S/C14H20N2O2S/c1-16(11-6-7-19-9-11)14(18)13(15)8-10-2-4-12(17)5-3-10/h2-5,11,13,17H,6-9,15H2,1H3/t11?,13-/m1/s1. The van der Waals surface area contributed by atoms with Crippen molar-refractivity contribution in [1.82, 2.24) is 4.90 Å². The van der Waals surface area contributed by atoms with Crippen LogP contribution in [0.2, 0.25) is 0 Å². The van der Waals surface area contributed by atoms with Crippen molar-refractivity contribution in [2.45, 2.75) is 24.9 Å². The topological polar surface area (TPSA) is 66.6 Å². The molecule has 1 unspecified atom stereocenters. The van der Waals surface area contributed by atoms with Gasteiger partial charge in [-0.25, -0.2) is 0 Å². The molecule has 2 rings (SSSR count). The van der Waals surface area contributed by atoms with E-state index in [0.717, 1.165) is 23.5 Å². The quantitative estimate of drug-likeness (QED) is 0.870. The van der Waals surface area contributed by atoms with Crippen molar-refractivity contribution in [2.75, 3.05) is 18.6 Å². The number of nitrogens with zero attached hydrogens (tertiary/aromatic N) is 1. The average molecular weight is 280 g/mol. The van der Waals surface area contributed by atoms with Gasteiger partial charge in [0.2, 0.25) is 5.91 Å². The lowest BCUT2D eigenvalue weighted by molar-refractivity contribution is -0.132. The van der Waals surface area contributed by atoms with E-state index >= 15 is 0 Å². The van der Waals surface area contributed by atoms with Gasteiger partial charge in [-0.3, -0.25) is 4.79 Å². The van der Waals surface area contributed by atoms with Crippen molar-refractivity contribution in [3.63, 3.8) is 0 Å². The van der Waals surface area contributed by atoms with Crippen molar-refractivity contribution in [1.29, 1.82) is 0 Å². The smallest absolute Gasteiger partial charge is 0.239 e. The number of likely N-dealkylation sites (N-methyl/N-ethyl adjacent to an activating group) is 1. The van der Waals surface area contributed by atoms with Crippen LogP contribution < -0.4 is 5.73 Å². The Kier molecular flexibility index (Phi) is 4.71. The molecule has 0 spiro atoms. The summed E-state index contributed by atoms with van der Waals surface area (Å²) in [4.78, 5) is 14.0. The molecule has 1 amide bonds. The molecule has 4 nitrogen and oxygen atoms in total. The van der Waals surface area contributed by atoms with E-state index in [9.17, 15) is 9.90 Å². The third-order valence-corrected chi connectivity index (χ3v) is 4.66. The third kappa shape index (κ3) is 3.64. The maximum absolute atomic E-state index is 12.2. The van der Waals surface area contributed by atoms with Crippen molar-refractivity contribution in [2.24, 2.45) is 5.73 Å². The fraction of sp³-hybridized carbons (Fsp3) is 0.500. The van der Waals surface area contributed by atoms with Crippen molar-refractivity contribution >= 4 is 17.7 Å². The Morgan fingerprint density at radius 2 is 2.21 bits per heavy atom. The zero-order chi connectivity index (χ0) is 13.8. The molecule has 1 heterocycles. The minimum atomic E-state index is -0.514. The summed E-state index contributed by atoms with van der Waals surface area (Å²) in [6.07, 6.45) is 1.56. The molecule has 3 N–H and O–H groups in total. The maximum Gasteiger partial charge on any atom is 0.239 e. The molecular weight excluding hydrogens is 260 g/mol. The molecule has 0 radical (unpaired) electrons. The summed E-state index contributed by atoms with van der Waals surface area (Å²) < 4.78 is 0. The van der Waals surface area contributed by atoms with Gasteiger partial charge < -0.3 is 15.7 Å². The molecule has 0 bridgehead atoms. The van der Waals surface area contributed by atoms with Gasteiger partial charge >= 0.3 is 0 Å². The third-order valence-electron chi connectivity index (χ3n) is 3.51. The van der Waals surface area contributed by atoms with E-state index in [1.54, 1.807) is 29.2 Å². The lowest BCUT2D eigenvalue weighted by Gasteiger charge is -2.26. The number of carbonyl (C=O) groups is 1. The van der Waals surface area contributed by atoms with Crippen LogP contribution in [0.25, 0.3) is 0 Å². The predicted molar refractivity (Wildman–Crippen MR) is 78.3 cm³/mol. The first-order valence-corrected chi connectivity index (χ1v) is 7.61. The Balaban J connectivity index is 1.93. The van der Waals surface area contributed by atoms with E-state index in [4.69, 9.17) is 5.73 Å². The molecule has 0 aromatic heterocycles. The van der Waals surface area contributed by atoms with Crippen LogP contribution in [0.15, 0.2) is 24.3 Å². The van der Waals surface area contributed by atoms with Crippen molar-refractivity contribution in [3.8, 4) is 5.75 Å². The summed E-state index contributed by atoms with van der Waals surface area (Å²) in [7, 11) is 1.84. The van der Waals surface area contributed by atoms with Crippen LogP contribution in [0.4, 0.5) is 0 Å². The van der Waals surface area contributed by atoms with Crippen molar-refractivity contribution < 1.29 is 9.90 Å². The van der Waals surface area contributed by atoms with Gasteiger partial charge in [-0.05, 0) is 36.3 Å². The second-order valence-corrected chi connectivity index (χ2v) is 6.09. The van der Waals surface area contributed by atoms with Crippen molar-refractivity contribution in [3.05, 3.63) is 29.8 Å². The second-order valence-electron chi connectivity index (χ2n) is 4.94. The number of hydrogen-bond donors (Lipinski definition) is 2. The molecule has 1 aromatic rings. The highest BCUT2D eigenvalue weighted by Crippen LogP contribution is 2.22. The number of thioether (sulfide) groups is 1. The highest BCUT2D eigenvalue weighted by molar-refractivity contribution is 7.99. The first-order valence-electron chi connectivity index (χ1n) is 6.46. The molecule has 1 aliphatic heterocycles.